The summed E-state index contributed by atoms with van der Waals surface area (Å²) in [7, 11) is 1.57. The molecule has 0 fully saturated rings. The van der Waals surface area contributed by atoms with Gasteiger partial charge in [-0.05, 0) is 62.4 Å². The number of nitrogens with zero attached hydrogens (tertiary/aromatic N) is 2. The predicted octanol–water partition coefficient (Wildman–Crippen LogP) is 5.55. The summed E-state index contributed by atoms with van der Waals surface area (Å²) in [6, 6.07) is 3.57. The van der Waals surface area contributed by atoms with Crippen LogP contribution in [0.3, 0.4) is 0 Å². The molecule has 0 bridgehead atoms. The number of aromatic nitrogens is 2. The van der Waals surface area contributed by atoms with Crippen LogP contribution in [0.4, 0.5) is 0 Å². The lowest BCUT2D eigenvalue weighted by Gasteiger charge is -2.15. The van der Waals surface area contributed by atoms with Crippen molar-refractivity contribution < 1.29 is 9.53 Å². The number of ketones is 1. The highest BCUT2D eigenvalue weighted by molar-refractivity contribution is 6.32. The SMILES string of the molecule is COc1c(C(=O)c2ccc(Cl)c(C(C)=C(C)C)c2C)cnn1CC(C)C. The molecule has 0 aliphatic heterocycles. The van der Waals surface area contributed by atoms with E-state index in [4.69, 9.17) is 16.3 Å². The van der Waals surface area contributed by atoms with E-state index in [1.165, 1.54) is 5.57 Å². The number of ether oxygens (including phenoxy) is 1. The zero-order chi connectivity index (χ0) is 19.6. The van der Waals surface area contributed by atoms with Crippen LogP contribution in [0.15, 0.2) is 23.9 Å². The molecule has 0 aliphatic carbocycles. The van der Waals surface area contributed by atoms with E-state index in [2.05, 4.69) is 18.9 Å². The number of benzene rings is 1. The Hall–Kier alpha value is -2.07. The Bertz CT molecular complexity index is 859. The van der Waals surface area contributed by atoms with Crippen molar-refractivity contribution in [3.63, 3.8) is 0 Å². The van der Waals surface area contributed by atoms with Crippen molar-refractivity contribution in [3.05, 3.63) is 51.2 Å². The molecule has 140 valence electrons. The summed E-state index contributed by atoms with van der Waals surface area (Å²) in [5.74, 6) is 0.795. The predicted molar refractivity (Wildman–Crippen MR) is 107 cm³/mol. The summed E-state index contributed by atoms with van der Waals surface area (Å²) in [5, 5.41) is 5.00. The Balaban J connectivity index is 2.57. The zero-order valence-electron chi connectivity index (χ0n) is 16.6. The highest BCUT2D eigenvalue weighted by atomic mass is 35.5. The number of hydrogen-bond acceptors (Lipinski definition) is 3. The van der Waals surface area contributed by atoms with Gasteiger partial charge in [-0.2, -0.15) is 5.10 Å². The van der Waals surface area contributed by atoms with Gasteiger partial charge in [0.2, 0.25) is 5.88 Å². The topological polar surface area (TPSA) is 44.1 Å². The molecule has 0 spiro atoms. The summed E-state index contributed by atoms with van der Waals surface area (Å²) in [6.45, 7) is 12.9. The second-order valence-corrected chi connectivity index (χ2v) is 7.60. The van der Waals surface area contributed by atoms with Crippen molar-refractivity contribution in [2.45, 2.75) is 48.1 Å². The van der Waals surface area contributed by atoms with Gasteiger partial charge in [-0.1, -0.05) is 31.0 Å². The third-order valence-corrected chi connectivity index (χ3v) is 4.87. The van der Waals surface area contributed by atoms with Gasteiger partial charge in [0.1, 0.15) is 5.56 Å². The number of rotatable bonds is 6. The average Bonchev–Trinajstić information content (AvgIpc) is 2.95. The van der Waals surface area contributed by atoms with Crippen LogP contribution in [0, 0.1) is 12.8 Å². The summed E-state index contributed by atoms with van der Waals surface area (Å²) < 4.78 is 7.23. The minimum absolute atomic E-state index is 0.103. The Morgan fingerprint density at radius 2 is 1.88 bits per heavy atom. The number of hydrogen-bond donors (Lipinski definition) is 0. The molecule has 2 aromatic rings. The van der Waals surface area contributed by atoms with Crippen LogP contribution in [0.1, 0.15) is 61.7 Å². The smallest absolute Gasteiger partial charge is 0.223 e. The van der Waals surface area contributed by atoms with Crippen LogP contribution in [-0.4, -0.2) is 22.7 Å². The van der Waals surface area contributed by atoms with Crippen LogP contribution >= 0.6 is 11.6 Å². The van der Waals surface area contributed by atoms with Crippen LogP contribution in [-0.2, 0) is 6.54 Å². The molecule has 2 rings (SSSR count). The zero-order valence-corrected chi connectivity index (χ0v) is 17.4. The Kier molecular flexibility index (Phi) is 6.30. The van der Waals surface area contributed by atoms with Gasteiger partial charge in [-0.3, -0.25) is 4.79 Å². The van der Waals surface area contributed by atoms with Crippen molar-refractivity contribution >= 4 is 23.0 Å². The molecular weight excluding hydrogens is 348 g/mol. The third kappa shape index (κ3) is 3.85. The van der Waals surface area contributed by atoms with Crippen LogP contribution in [0.2, 0.25) is 5.02 Å². The molecule has 0 saturated heterocycles. The van der Waals surface area contributed by atoms with Crippen molar-refractivity contribution in [2.24, 2.45) is 5.92 Å². The van der Waals surface area contributed by atoms with Crippen LogP contribution in [0.25, 0.3) is 5.57 Å². The van der Waals surface area contributed by atoms with Crippen molar-refractivity contribution in [1.29, 1.82) is 0 Å². The quantitative estimate of drug-likeness (QED) is 0.622. The molecular formula is C21H27ClN2O2. The highest BCUT2D eigenvalue weighted by Gasteiger charge is 2.23. The Morgan fingerprint density at radius 3 is 2.42 bits per heavy atom. The van der Waals surface area contributed by atoms with E-state index in [0.717, 1.165) is 16.7 Å². The molecule has 4 nitrogen and oxygen atoms in total. The maximum Gasteiger partial charge on any atom is 0.223 e. The van der Waals surface area contributed by atoms with E-state index in [1.54, 1.807) is 30.1 Å². The summed E-state index contributed by atoms with van der Waals surface area (Å²) >= 11 is 6.42. The molecule has 0 unspecified atom stereocenters. The van der Waals surface area contributed by atoms with Gasteiger partial charge in [-0.25, -0.2) is 4.68 Å². The lowest BCUT2D eigenvalue weighted by molar-refractivity contribution is 0.103. The summed E-state index contributed by atoms with van der Waals surface area (Å²) in [6.07, 6.45) is 1.59. The van der Waals surface area contributed by atoms with Crippen molar-refractivity contribution in [3.8, 4) is 5.88 Å². The Labute approximate surface area is 160 Å². The molecule has 0 aliphatic rings. The second kappa shape index (κ2) is 8.09. The standard InChI is InChI=1S/C21H27ClN2O2/c1-12(2)11-24-21(26-7)17(10-23-24)20(25)16-8-9-18(22)19(15(16)6)14(5)13(3)4/h8-10,12H,11H2,1-7H3. The molecule has 0 radical (unpaired) electrons. The molecule has 0 saturated carbocycles. The largest absolute Gasteiger partial charge is 0.481 e. The second-order valence-electron chi connectivity index (χ2n) is 7.19. The molecule has 5 heteroatoms. The number of methoxy groups -OCH3 is 1. The van der Waals surface area contributed by atoms with E-state index >= 15 is 0 Å². The minimum atomic E-state index is -0.103. The fraction of sp³-hybridized carbons (Fsp3) is 0.429. The number of carbonyl (C=O) groups excluding carboxylic acids is 1. The first-order chi connectivity index (χ1) is 12.2. The van der Waals surface area contributed by atoms with Gasteiger partial charge in [0.25, 0.3) is 0 Å². The van der Waals surface area contributed by atoms with Gasteiger partial charge < -0.3 is 4.74 Å². The normalized spacial score (nSPS) is 11.0. The van der Waals surface area contributed by atoms with E-state index in [0.29, 0.717) is 34.5 Å². The van der Waals surface area contributed by atoms with Gasteiger partial charge in [0, 0.05) is 17.1 Å². The summed E-state index contributed by atoms with van der Waals surface area (Å²) in [4.78, 5) is 13.2. The van der Waals surface area contributed by atoms with E-state index in [1.807, 2.05) is 27.7 Å². The summed E-state index contributed by atoms with van der Waals surface area (Å²) in [5.41, 5.74) is 5.14. The fourth-order valence-electron chi connectivity index (χ4n) is 3.00. The first-order valence-electron chi connectivity index (χ1n) is 8.77. The lowest BCUT2D eigenvalue weighted by atomic mass is 9.92. The molecule has 1 heterocycles. The first kappa shape index (κ1) is 20.2. The fourth-order valence-corrected chi connectivity index (χ4v) is 3.35. The average molecular weight is 375 g/mol. The van der Waals surface area contributed by atoms with Crippen LogP contribution < -0.4 is 4.74 Å². The maximum atomic E-state index is 13.2. The monoisotopic (exact) mass is 374 g/mol. The highest BCUT2D eigenvalue weighted by Crippen LogP contribution is 2.33. The van der Waals surface area contributed by atoms with Crippen molar-refractivity contribution in [1.82, 2.24) is 9.78 Å². The molecule has 1 aromatic carbocycles. The minimum Gasteiger partial charge on any atom is -0.481 e. The molecule has 0 amide bonds. The van der Waals surface area contributed by atoms with E-state index in [-0.39, 0.29) is 5.78 Å². The number of carbonyl (C=O) groups is 1. The van der Waals surface area contributed by atoms with Crippen molar-refractivity contribution in [2.75, 3.05) is 7.11 Å². The molecule has 26 heavy (non-hydrogen) atoms. The van der Waals surface area contributed by atoms with E-state index < -0.39 is 0 Å². The molecule has 0 atom stereocenters. The number of halogens is 1. The van der Waals surface area contributed by atoms with Gasteiger partial charge in [-0.15, -0.1) is 0 Å². The number of allylic oxidation sites excluding steroid dienone is 2. The third-order valence-electron chi connectivity index (χ3n) is 4.55. The molecule has 1 aromatic heterocycles. The Morgan fingerprint density at radius 1 is 1.23 bits per heavy atom. The van der Waals surface area contributed by atoms with Gasteiger partial charge in [0.15, 0.2) is 5.78 Å². The first-order valence-corrected chi connectivity index (χ1v) is 9.14. The van der Waals surface area contributed by atoms with Crippen LogP contribution in [0.5, 0.6) is 5.88 Å². The maximum absolute atomic E-state index is 13.2. The van der Waals surface area contributed by atoms with Gasteiger partial charge >= 0.3 is 0 Å². The molecule has 0 N–H and O–H groups in total. The van der Waals surface area contributed by atoms with Gasteiger partial charge in [0.05, 0.1) is 13.3 Å². The van der Waals surface area contributed by atoms with E-state index in [9.17, 15) is 4.79 Å². The lowest BCUT2D eigenvalue weighted by Crippen LogP contribution is -2.10.